The summed E-state index contributed by atoms with van der Waals surface area (Å²) >= 11 is 9.35. The number of nitrogens with zero attached hydrogens (tertiary/aromatic N) is 1. The van der Waals surface area contributed by atoms with Crippen LogP contribution in [0.2, 0.25) is 0 Å². The number of halogens is 1. The van der Waals surface area contributed by atoms with Crippen LogP contribution in [0.4, 0.5) is 0 Å². The molecule has 4 nitrogen and oxygen atoms in total. The third kappa shape index (κ3) is 3.51. The van der Waals surface area contributed by atoms with E-state index in [0.29, 0.717) is 15.6 Å². The van der Waals surface area contributed by atoms with Gasteiger partial charge in [0.2, 0.25) is 0 Å². The van der Waals surface area contributed by atoms with Crippen molar-refractivity contribution in [1.29, 1.82) is 0 Å². The monoisotopic (exact) mass is 370 g/mol. The van der Waals surface area contributed by atoms with E-state index in [0.717, 1.165) is 9.35 Å². The van der Waals surface area contributed by atoms with Crippen LogP contribution in [0.3, 0.4) is 0 Å². The third-order valence-corrected chi connectivity index (χ3v) is 7.31. The van der Waals surface area contributed by atoms with E-state index in [9.17, 15) is 8.42 Å². The number of aryl methyl sites for hydroxylation is 1. The molecule has 18 heavy (non-hydrogen) atoms. The van der Waals surface area contributed by atoms with E-state index in [1.54, 1.807) is 20.0 Å². The number of hydrogen-bond acceptors (Lipinski definition) is 4. The fourth-order valence-corrected chi connectivity index (χ4v) is 5.37. The maximum absolute atomic E-state index is 12.4. The summed E-state index contributed by atoms with van der Waals surface area (Å²) in [5.74, 6) is 0. The van der Waals surface area contributed by atoms with Gasteiger partial charge < -0.3 is 5.73 Å². The van der Waals surface area contributed by atoms with Crippen LogP contribution in [0.1, 0.15) is 18.9 Å². The Kier molecular flexibility index (Phi) is 5.31. The molecule has 0 saturated heterocycles. The highest BCUT2D eigenvalue weighted by molar-refractivity contribution is 9.11. The summed E-state index contributed by atoms with van der Waals surface area (Å²) in [6.07, 6.45) is 0.372. The molecule has 2 N–H and O–H groups in total. The molecular weight excluding hydrogens is 356 g/mol. The Bertz CT molecular complexity index is 534. The lowest BCUT2D eigenvalue weighted by Gasteiger charge is -2.23. The molecule has 1 aromatic heterocycles. The average Bonchev–Trinajstić information content (AvgIpc) is 2.57. The molecule has 0 aliphatic carbocycles. The summed E-state index contributed by atoms with van der Waals surface area (Å²) in [5, 5.41) is 0. The topological polar surface area (TPSA) is 63.4 Å². The highest BCUT2D eigenvalue weighted by Crippen LogP contribution is 2.32. The third-order valence-electron chi connectivity index (χ3n) is 2.59. The zero-order valence-corrected chi connectivity index (χ0v) is 14.3. The Hall–Kier alpha value is -0.0200. The molecule has 1 aromatic rings. The molecule has 102 valence electrons. The second kappa shape index (κ2) is 5.96. The minimum Gasteiger partial charge on any atom is -0.393 e. The lowest BCUT2D eigenvalue weighted by atomic mass is 10.2. The minimum absolute atomic E-state index is 0.256. The molecule has 1 unspecified atom stereocenters. The Balaban J connectivity index is 3.03. The Morgan fingerprint density at radius 1 is 1.67 bits per heavy atom. The van der Waals surface area contributed by atoms with Gasteiger partial charge in [0.15, 0.2) is 0 Å². The summed E-state index contributed by atoms with van der Waals surface area (Å²) in [6.45, 7) is 3.64. The Labute approximate surface area is 125 Å². The molecular formula is C10H15BrN2O2S3. The van der Waals surface area contributed by atoms with Crippen molar-refractivity contribution in [3.63, 3.8) is 0 Å². The van der Waals surface area contributed by atoms with Crippen LogP contribution in [-0.2, 0) is 10.0 Å². The number of thiophene rings is 1. The van der Waals surface area contributed by atoms with Crippen LogP contribution in [0.15, 0.2) is 14.1 Å². The van der Waals surface area contributed by atoms with E-state index in [2.05, 4.69) is 15.9 Å². The number of thiocarbonyl (C=S) groups is 1. The van der Waals surface area contributed by atoms with Crippen molar-refractivity contribution in [2.75, 3.05) is 7.05 Å². The van der Waals surface area contributed by atoms with E-state index in [1.165, 1.54) is 15.6 Å². The van der Waals surface area contributed by atoms with Gasteiger partial charge in [0.05, 0.1) is 8.77 Å². The summed E-state index contributed by atoms with van der Waals surface area (Å²) < 4.78 is 27.2. The standard InChI is InChI=1S/C10H15BrN2O2S3/c1-6-4-9(17-10(6)11)18(14,15)13(3)7(2)5-8(12)16/h4,7H,5H2,1-3H3,(H2,12,16). The van der Waals surface area contributed by atoms with Crippen LogP contribution in [-0.4, -0.2) is 30.8 Å². The van der Waals surface area contributed by atoms with E-state index in [1.807, 2.05) is 6.92 Å². The lowest BCUT2D eigenvalue weighted by Crippen LogP contribution is -2.37. The van der Waals surface area contributed by atoms with E-state index < -0.39 is 10.0 Å². The van der Waals surface area contributed by atoms with Gasteiger partial charge in [-0.15, -0.1) is 11.3 Å². The van der Waals surface area contributed by atoms with Crippen LogP contribution in [0, 0.1) is 6.92 Å². The Morgan fingerprint density at radius 2 is 2.22 bits per heavy atom. The first kappa shape index (κ1) is 16.0. The van der Waals surface area contributed by atoms with Crippen molar-refractivity contribution < 1.29 is 8.42 Å². The van der Waals surface area contributed by atoms with Gasteiger partial charge in [-0.2, -0.15) is 4.31 Å². The van der Waals surface area contributed by atoms with Gasteiger partial charge in [-0.1, -0.05) is 12.2 Å². The van der Waals surface area contributed by atoms with Crippen LogP contribution in [0.25, 0.3) is 0 Å². The maximum atomic E-state index is 12.4. The van der Waals surface area contributed by atoms with Gasteiger partial charge in [0.25, 0.3) is 10.0 Å². The van der Waals surface area contributed by atoms with E-state index >= 15 is 0 Å². The summed E-state index contributed by atoms with van der Waals surface area (Å²) in [6, 6.07) is 1.40. The average molecular weight is 371 g/mol. The molecule has 0 aliphatic rings. The largest absolute Gasteiger partial charge is 0.393 e. The fourth-order valence-electron chi connectivity index (χ4n) is 1.36. The van der Waals surface area contributed by atoms with Crippen molar-refractivity contribution in [1.82, 2.24) is 4.31 Å². The highest BCUT2D eigenvalue weighted by Gasteiger charge is 2.27. The molecule has 0 aromatic carbocycles. The fraction of sp³-hybridized carbons (Fsp3) is 0.500. The maximum Gasteiger partial charge on any atom is 0.252 e. The van der Waals surface area contributed by atoms with Crippen molar-refractivity contribution >= 4 is 54.5 Å². The quantitative estimate of drug-likeness (QED) is 0.808. The Morgan fingerprint density at radius 3 is 2.61 bits per heavy atom. The van der Waals surface area contributed by atoms with Crippen LogP contribution < -0.4 is 5.73 Å². The zero-order valence-electron chi connectivity index (χ0n) is 10.3. The van der Waals surface area contributed by atoms with Crippen molar-refractivity contribution in [2.24, 2.45) is 5.73 Å². The van der Waals surface area contributed by atoms with Gasteiger partial charge >= 0.3 is 0 Å². The van der Waals surface area contributed by atoms with Crippen LogP contribution in [0.5, 0.6) is 0 Å². The molecule has 1 rings (SSSR count). The number of nitrogens with two attached hydrogens (primary N) is 1. The molecule has 0 amide bonds. The molecule has 0 saturated carbocycles. The molecule has 0 aliphatic heterocycles. The molecule has 0 bridgehead atoms. The van der Waals surface area contributed by atoms with Gasteiger partial charge in [0, 0.05) is 19.5 Å². The first-order chi connectivity index (χ1) is 8.16. The first-order valence-electron chi connectivity index (χ1n) is 5.18. The predicted octanol–water partition coefficient (Wildman–Crippen LogP) is 2.50. The van der Waals surface area contributed by atoms with Crippen molar-refractivity contribution in [2.45, 2.75) is 30.5 Å². The highest BCUT2D eigenvalue weighted by atomic mass is 79.9. The first-order valence-corrected chi connectivity index (χ1v) is 8.64. The SMILES string of the molecule is Cc1cc(S(=O)(=O)N(C)C(C)CC(N)=S)sc1Br. The minimum atomic E-state index is -3.48. The molecule has 1 heterocycles. The van der Waals surface area contributed by atoms with E-state index in [-0.39, 0.29) is 6.04 Å². The van der Waals surface area contributed by atoms with Crippen LogP contribution >= 0.6 is 39.5 Å². The molecule has 0 spiro atoms. The van der Waals surface area contributed by atoms with Crippen molar-refractivity contribution in [3.05, 3.63) is 15.4 Å². The van der Waals surface area contributed by atoms with Crippen molar-refractivity contribution in [3.8, 4) is 0 Å². The van der Waals surface area contributed by atoms with Gasteiger partial charge in [-0.25, -0.2) is 8.42 Å². The second-order valence-corrected chi connectivity index (χ2v) is 9.18. The summed E-state index contributed by atoms with van der Waals surface area (Å²) in [4.78, 5) is 0.313. The molecule has 1 atom stereocenters. The smallest absolute Gasteiger partial charge is 0.252 e. The summed E-state index contributed by atoms with van der Waals surface area (Å²) in [5.41, 5.74) is 6.36. The second-order valence-electron chi connectivity index (χ2n) is 4.06. The number of rotatable bonds is 5. The molecule has 8 heteroatoms. The number of hydrogen-bond donors (Lipinski definition) is 1. The zero-order chi connectivity index (χ0) is 14.1. The summed E-state index contributed by atoms with van der Waals surface area (Å²) in [7, 11) is -1.94. The lowest BCUT2D eigenvalue weighted by molar-refractivity contribution is 0.398. The van der Waals surface area contributed by atoms with E-state index in [4.69, 9.17) is 18.0 Å². The normalized spacial score (nSPS) is 13.8. The molecule has 0 fully saturated rings. The van der Waals surface area contributed by atoms with Gasteiger partial charge in [0.1, 0.15) is 4.21 Å². The number of sulfonamides is 1. The predicted molar refractivity (Wildman–Crippen MR) is 82.6 cm³/mol. The molecule has 0 radical (unpaired) electrons. The van der Waals surface area contributed by atoms with Gasteiger partial charge in [-0.3, -0.25) is 0 Å². The van der Waals surface area contributed by atoms with Gasteiger partial charge in [-0.05, 0) is 41.4 Å².